The van der Waals surface area contributed by atoms with E-state index in [4.69, 9.17) is 18.0 Å². The lowest BCUT2D eigenvalue weighted by atomic mass is 10.3. The van der Waals surface area contributed by atoms with Crippen LogP contribution in [0.1, 0.15) is 40.5 Å². The maximum atomic E-state index is 11.2. The van der Waals surface area contributed by atoms with Crippen molar-refractivity contribution < 1.29 is 27.9 Å². The second-order valence-corrected chi connectivity index (χ2v) is 8.00. The quantitative estimate of drug-likeness (QED) is 0.151. The van der Waals surface area contributed by atoms with Gasteiger partial charge in [-0.05, 0) is 40.7 Å². The SMILES string of the molecule is C=C(C)C(=O)OC(O)CCNCCC[Si](OCC)(OCC)OCC. The second kappa shape index (κ2) is 13.5. The Kier molecular flexibility index (Phi) is 13.1. The first-order chi connectivity index (χ1) is 11.4. The maximum absolute atomic E-state index is 11.2. The number of aliphatic hydroxyl groups is 1. The molecule has 7 nitrogen and oxygen atoms in total. The van der Waals surface area contributed by atoms with Crippen molar-refractivity contribution in [2.45, 2.75) is 52.9 Å². The van der Waals surface area contributed by atoms with Crippen molar-refractivity contribution in [2.75, 3.05) is 32.9 Å². The van der Waals surface area contributed by atoms with E-state index < -0.39 is 21.1 Å². The summed E-state index contributed by atoms with van der Waals surface area (Å²) in [5.74, 6) is -0.580. The monoisotopic (exact) mass is 363 g/mol. The van der Waals surface area contributed by atoms with E-state index in [2.05, 4.69) is 11.9 Å². The van der Waals surface area contributed by atoms with Crippen molar-refractivity contribution >= 4 is 14.8 Å². The van der Waals surface area contributed by atoms with E-state index in [0.717, 1.165) is 19.0 Å². The molecular formula is C16H33NO6Si. The molecule has 1 unspecified atom stereocenters. The van der Waals surface area contributed by atoms with Gasteiger partial charge in [-0.3, -0.25) is 0 Å². The van der Waals surface area contributed by atoms with Crippen LogP contribution in [0, 0.1) is 0 Å². The topological polar surface area (TPSA) is 86.3 Å². The van der Waals surface area contributed by atoms with Gasteiger partial charge in [0.1, 0.15) is 0 Å². The molecule has 0 heterocycles. The molecule has 0 aliphatic rings. The van der Waals surface area contributed by atoms with Crippen LogP contribution in [0.2, 0.25) is 6.04 Å². The summed E-state index contributed by atoms with van der Waals surface area (Å²) in [5, 5.41) is 12.8. The Balaban J connectivity index is 4.00. The van der Waals surface area contributed by atoms with Gasteiger partial charge in [0.2, 0.25) is 6.29 Å². The fraction of sp³-hybridized carbons (Fsp3) is 0.812. The summed E-state index contributed by atoms with van der Waals surface area (Å²) < 4.78 is 22.1. The van der Waals surface area contributed by atoms with Gasteiger partial charge in [0.05, 0.1) is 0 Å². The molecule has 0 spiro atoms. The third kappa shape index (κ3) is 10.2. The van der Waals surface area contributed by atoms with Crippen molar-refractivity contribution in [3.8, 4) is 0 Å². The summed E-state index contributed by atoms with van der Waals surface area (Å²) in [6.45, 7) is 13.8. The summed E-state index contributed by atoms with van der Waals surface area (Å²) in [4.78, 5) is 11.2. The minimum absolute atomic E-state index is 0.270. The highest BCUT2D eigenvalue weighted by Gasteiger charge is 2.39. The number of ether oxygens (including phenoxy) is 1. The Bertz CT molecular complexity index is 349. The van der Waals surface area contributed by atoms with Crippen LogP contribution in [0.4, 0.5) is 0 Å². The lowest BCUT2D eigenvalue weighted by molar-refractivity contribution is -0.163. The van der Waals surface area contributed by atoms with E-state index in [-0.39, 0.29) is 5.57 Å². The maximum Gasteiger partial charge on any atom is 0.500 e. The van der Waals surface area contributed by atoms with Gasteiger partial charge in [-0.25, -0.2) is 4.79 Å². The fourth-order valence-electron chi connectivity index (χ4n) is 2.06. The largest absolute Gasteiger partial charge is 0.500 e. The molecule has 0 aromatic heterocycles. The van der Waals surface area contributed by atoms with Gasteiger partial charge in [-0.15, -0.1) is 0 Å². The average molecular weight is 364 g/mol. The van der Waals surface area contributed by atoms with Gasteiger partial charge in [0, 0.05) is 44.4 Å². The summed E-state index contributed by atoms with van der Waals surface area (Å²) in [6.07, 6.45) is 0.0446. The molecule has 0 rings (SSSR count). The summed E-state index contributed by atoms with van der Waals surface area (Å²) >= 11 is 0. The number of aliphatic hydroxyl groups excluding tert-OH is 1. The van der Waals surface area contributed by atoms with Gasteiger partial charge >= 0.3 is 14.8 Å². The Morgan fingerprint density at radius 2 is 1.67 bits per heavy atom. The third-order valence-corrected chi connectivity index (χ3v) is 6.24. The first kappa shape index (κ1) is 23.2. The van der Waals surface area contributed by atoms with Crippen LogP contribution in [0.5, 0.6) is 0 Å². The van der Waals surface area contributed by atoms with Crippen LogP contribution in [-0.4, -0.2) is 59.1 Å². The van der Waals surface area contributed by atoms with E-state index >= 15 is 0 Å². The molecule has 0 aromatic rings. The number of carbonyl (C=O) groups excluding carboxylic acids is 1. The zero-order valence-electron chi connectivity index (χ0n) is 15.4. The molecule has 142 valence electrons. The van der Waals surface area contributed by atoms with E-state index in [0.29, 0.717) is 32.8 Å². The van der Waals surface area contributed by atoms with Crippen molar-refractivity contribution in [1.29, 1.82) is 0 Å². The van der Waals surface area contributed by atoms with Crippen LogP contribution in [0.25, 0.3) is 0 Å². The van der Waals surface area contributed by atoms with Gasteiger partial charge in [-0.1, -0.05) is 6.58 Å². The van der Waals surface area contributed by atoms with Crippen LogP contribution in [0.15, 0.2) is 12.2 Å². The van der Waals surface area contributed by atoms with E-state index in [1.54, 1.807) is 6.92 Å². The van der Waals surface area contributed by atoms with Crippen molar-refractivity contribution in [2.24, 2.45) is 0 Å². The first-order valence-electron chi connectivity index (χ1n) is 8.57. The Labute approximate surface area is 146 Å². The highest BCUT2D eigenvalue weighted by molar-refractivity contribution is 6.60. The molecule has 0 amide bonds. The molecule has 0 saturated heterocycles. The highest BCUT2D eigenvalue weighted by atomic mass is 28.4. The zero-order chi connectivity index (χ0) is 18.4. The van der Waals surface area contributed by atoms with Crippen LogP contribution in [0.3, 0.4) is 0 Å². The fourth-order valence-corrected chi connectivity index (χ4v) is 4.68. The van der Waals surface area contributed by atoms with Gasteiger partial charge < -0.3 is 28.4 Å². The van der Waals surface area contributed by atoms with Crippen molar-refractivity contribution in [3.05, 3.63) is 12.2 Å². The van der Waals surface area contributed by atoms with Gasteiger partial charge in [0.15, 0.2) is 0 Å². The lowest BCUT2D eigenvalue weighted by Gasteiger charge is -2.28. The molecule has 24 heavy (non-hydrogen) atoms. The summed E-state index contributed by atoms with van der Waals surface area (Å²) in [6, 6.07) is 0.739. The molecule has 8 heteroatoms. The zero-order valence-corrected chi connectivity index (χ0v) is 16.4. The smallest absolute Gasteiger partial charge is 0.433 e. The van der Waals surface area contributed by atoms with Crippen LogP contribution >= 0.6 is 0 Å². The molecule has 2 N–H and O–H groups in total. The Morgan fingerprint density at radius 3 is 2.12 bits per heavy atom. The van der Waals surface area contributed by atoms with Crippen molar-refractivity contribution in [3.63, 3.8) is 0 Å². The van der Waals surface area contributed by atoms with E-state index in [1.807, 2.05) is 20.8 Å². The minimum atomic E-state index is -2.58. The number of hydrogen-bond donors (Lipinski definition) is 2. The predicted molar refractivity (Wildman–Crippen MR) is 94.5 cm³/mol. The van der Waals surface area contributed by atoms with E-state index in [9.17, 15) is 9.90 Å². The summed E-state index contributed by atoms with van der Waals surface area (Å²) in [7, 11) is -2.58. The number of rotatable bonds is 15. The van der Waals surface area contributed by atoms with Crippen LogP contribution in [-0.2, 0) is 22.8 Å². The van der Waals surface area contributed by atoms with Crippen LogP contribution < -0.4 is 5.32 Å². The first-order valence-corrected chi connectivity index (χ1v) is 10.5. The molecule has 0 aliphatic carbocycles. The Morgan fingerprint density at radius 1 is 1.12 bits per heavy atom. The second-order valence-electron chi connectivity index (χ2n) is 5.26. The number of esters is 1. The van der Waals surface area contributed by atoms with Gasteiger partial charge in [-0.2, -0.15) is 0 Å². The molecule has 0 bridgehead atoms. The number of nitrogens with one attached hydrogen (secondary N) is 1. The molecule has 0 aliphatic heterocycles. The summed E-state index contributed by atoms with van der Waals surface area (Å²) in [5.41, 5.74) is 0.270. The minimum Gasteiger partial charge on any atom is -0.433 e. The molecular weight excluding hydrogens is 330 g/mol. The number of hydrogen-bond acceptors (Lipinski definition) is 7. The number of carbonyl (C=O) groups is 1. The Hall–Kier alpha value is -0.773. The molecule has 0 aromatic carbocycles. The van der Waals surface area contributed by atoms with Gasteiger partial charge in [0.25, 0.3) is 0 Å². The normalized spacial score (nSPS) is 12.9. The highest BCUT2D eigenvalue weighted by Crippen LogP contribution is 2.17. The standard InChI is InChI=1S/C16H33NO6Si/c1-6-20-24(21-7-2,22-8-3)13-9-11-17-12-10-15(18)23-16(19)14(4)5/h15,17-18H,4,6-13H2,1-3,5H3. The lowest BCUT2D eigenvalue weighted by Crippen LogP contribution is -2.46. The molecule has 0 saturated carbocycles. The molecule has 0 fully saturated rings. The van der Waals surface area contributed by atoms with Crippen molar-refractivity contribution in [1.82, 2.24) is 5.32 Å². The average Bonchev–Trinajstić information content (AvgIpc) is 2.51. The van der Waals surface area contributed by atoms with E-state index in [1.165, 1.54) is 0 Å². The third-order valence-electron chi connectivity index (χ3n) is 3.09. The predicted octanol–water partition coefficient (Wildman–Crippen LogP) is 1.84. The molecule has 0 radical (unpaired) electrons. The molecule has 1 atom stereocenters.